The normalized spacial score (nSPS) is 17.5. The van der Waals surface area contributed by atoms with Crippen LogP contribution in [-0.2, 0) is 6.42 Å². The molecule has 3 rings (SSSR count). The third-order valence-corrected chi connectivity index (χ3v) is 4.48. The second-order valence-electron chi connectivity index (χ2n) is 5.54. The topological polar surface area (TPSA) is 12.0 Å². The summed E-state index contributed by atoms with van der Waals surface area (Å²) in [6.07, 6.45) is 2.42. The van der Waals surface area contributed by atoms with Gasteiger partial charge in [0.1, 0.15) is 0 Å². The maximum Gasteiger partial charge on any atom is 0.0323 e. The lowest BCUT2D eigenvalue weighted by Crippen LogP contribution is -2.12. The van der Waals surface area contributed by atoms with Crippen LogP contribution in [0.2, 0.25) is 0 Å². The van der Waals surface area contributed by atoms with E-state index in [0.717, 1.165) is 0 Å². The molecule has 19 heavy (non-hydrogen) atoms. The molecule has 1 atom stereocenters. The minimum Gasteiger partial charge on any atom is -0.313 e. The second-order valence-corrected chi connectivity index (χ2v) is 5.54. The van der Waals surface area contributed by atoms with Crippen molar-refractivity contribution in [1.82, 2.24) is 5.32 Å². The fourth-order valence-electron chi connectivity index (χ4n) is 3.15. The van der Waals surface area contributed by atoms with Gasteiger partial charge in [0.05, 0.1) is 0 Å². The van der Waals surface area contributed by atoms with Crippen LogP contribution in [0.3, 0.4) is 0 Å². The van der Waals surface area contributed by atoms with Crippen molar-refractivity contribution in [3.05, 3.63) is 58.7 Å². The molecule has 0 saturated carbocycles. The van der Waals surface area contributed by atoms with Crippen LogP contribution in [0.1, 0.15) is 34.7 Å². The van der Waals surface area contributed by atoms with E-state index >= 15 is 0 Å². The average molecular weight is 251 g/mol. The van der Waals surface area contributed by atoms with Crippen molar-refractivity contribution in [1.29, 1.82) is 0 Å². The molecule has 0 aliphatic heterocycles. The first-order valence-corrected chi connectivity index (χ1v) is 7.07. The number of aryl methyl sites for hydroxylation is 2. The Labute approximate surface area is 115 Å². The zero-order chi connectivity index (χ0) is 13.4. The smallest absolute Gasteiger partial charge is 0.0323 e. The van der Waals surface area contributed by atoms with Gasteiger partial charge >= 0.3 is 0 Å². The Kier molecular flexibility index (Phi) is 3.16. The molecular weight excluding hydrogens is 230 g/mol. The zero-order valence-corrected chi connectivity index (χ0v) is 12.0. The van der Waals surface area contributed by atoms with Gasteiger partial charge in [-0.1, -0.05) is 36.4 Å². The average Bonchev–Trinajstić information content (AvgIpc) is 2.84. The summed E-state index contributed by atoms with van der Waals surface area (Å²) in [4.78, 5) is 0. The summed E-state index contributed by atoms with van der Waals surface area (Å²) in [6, 6.07) is 14.1. The van der Waals surface area contributed by atoms with Gasteiger partial charge in [-0.3, -0.25) is 0 Å². The first kappa shape index (κ1) is 12.4. The summed E-state index contributed by atoms with van der Waals surface area (Å²) < 4.78 is 0. The highest BCUT2D eigenvalue weighted by molar-refractivity contribution is 5.70. The molecule has 2 aromatic carbocycles. The van der Waals surface area contributed by atoms with Gasteiger partial charge in [-0.15, -0.1) is 0 Å². The molecule has 2 aromatic rings. The summed E-state index contributed by atoms with van der Waals surface area (Å²) in [5.41, 5.74) is 8.48. The standard InChI is InChI=1S/C18H21N/c1-12-5-4-6-16(13(12)2)14-7-9-17-15(11-14)8-10-18(17)19-3/h4-7,9,11,18-19H,8,10H2,1-3H3. The van der Waals surface area contributed by atoms with Gasteiger partial charge < -0.3 is 5.32 Å². The van der Waals surface area contributed by atoms with E-state index in [-0.39, 0.29) is 0 Å². The molecule has 0 aromatic heterocycles. The molecule has 0 fully saturated rings. The number of hydrogen-bond acceptors (Lipinski definition) is 1. The lowest BCUT2D eigenvalue weighted by Gasteiger charge is -2.13. The van der Waals surface area contributed by atoms with E-state index < -0.39 is 0 Å². The van der Waals surface area contributed by atoms with Crippen LogP contribution in [0, 0.1) is 13.8 Å². The Bertz CT molecular complexity index is 613. The van der Waals surface area contributed by atoms with E-state index in [1.54, 1.807) is 0 Å². The Morgan fingerprint density at radius 1 is 1.11 bits per heavy atom. The van der Waals surface area contributed by atoms with Crippen LogP contribution >= 0.6 is 0 Å². The third kappa shape index (κ3) is 2.08. The minimum atomic E-state index is 0.544. The van der Waals surface area contributed by atoms with Crippen LogP contribution in [0.15, 0.2) is 36.4 Å². The number of nitrogens with one attached hydrogen (secondary N) is 1. The predicted molar refractivity (Wildman–Crippen MR) is 81.5 cm³/mol. The maximum atomic E-state index is 3.40. The highest BCUT2D eigenvalue weighted by Crippen LogP contribution is 2.35. The molecule has 1 aliphatic carbocycles. The Morgan fingerprint density at radius 3 is 2.74 bits per heavy atom. The Balaban J connectivity index is 2.06. The molecule has 1 N–H and O–H groups in total. The highest BCUT2D eigenvalue weighted by Gasteiger charge is 2.21. The summed E-state index contributed by atoms with van der Waals surface area (Å²) in [5.74, 6) is 0. The molecule has 1 heteroatoms. The number of hydrogen-bond donors (Lipinski definition) is 1. The van der Waals surface area contributed by atoms with Crippen molar-refractivity contribution in [2.45, 2.75) is 32.7 Å². The molecule has 1 aliphatic rings. The van der Waals surface area contributed by atoms with Crippen molar-refractivity contribution in [2.24, 2.45) is 0 Å². The summed E-state index contributed by atoms with van der Waals surface area (Å²) in [6.45, 7) is 4.40. The molecule has 0 amide bonds. The van der Waals surface area contributed by atoms with E-state index in [0.29, 0.717) is 6.04 Å². The van der Waals surface area contributed by atoms with E-state index in [1.807, 2.05) is 0 Å². The second kappa shape index (κ2) is 4.82. The first-order valence-electron chi connectivity index (χ1n) is 7.07. The molecule has 1 unspecified atom stereocenters. The number of rotatable bonds is 2. The van der Waals surface area contributed by atoms with Crippen LogP contribution < -0.4 is 5.32 Å². The van der Waals surface area contributed by atoms with Gasteiger partial charge in [-0.2, -0.15) is 0 Å². The quantitative estimate of drug-likeness (QED) is 0.844. The van der Waals surface area contributed by atoms with Crippen molar-refractivity contribution < 1.29 is 0 Å². The molecule has 0 saturated heterocycles. The highest BCUT2D eigenvalue weighted by atomic mass is 14.9. The largest absolute Gasteiger partial charge is 0.313 e. The molecular formula is C18H21N. The van der Waals surface area contributed by atoms with Crippen molar-refractivity contribution in [2.75, 3.05) is 7.05 Å². The monoisotopic (exact) mass is 251 g/mol. The van der Waals surface area contributed by atoms with Gasteiger partial charge in [0.2, 0.25) is 0 Å². The fourth-order valence-corrected chi connectivity index (χ4v) is 3.15. The Morgan fingerprint density at radius 2 is 1.95 bits per heavy atom. The molecule has 0 radical (unpaired) electrons. The van der Waals surface area contributed by atoms with Gasteiger partial charge in [0.25, 0.3) is 0 Å². The van der Waals surface area contributed by atoms with Crippen molar-refractivity contribution >= 4 is 0 Å². The molecule has 98 valence electrons. The van der Waals surface area contributed by atoms with Crippen LogP contribution in [0.5, 0.6) is 0 Å². The van der Waals surface area contributed by atoms with E-state index in [1.165, 1.54) is 46.2 Å². The van der Waals surface area contributed by atoms with Gasteiger partial charge in [-0.05, 0) is 67.1 Å². The number of fused-ring (bicyclic) bond motifs is 1. The van der Waals surface area contributed by atoms with E-state index in [4.69, 9.17) is 0 Å². The summed E-state index contributed by atoms with van der Waals surface area (Å²) >= 11 is 0. The molecule has 0 spiro atoms. The molecule has 0 bridgehead atoms. The summed E-state index contributed by atoms with van der Waals surface area (Å²) in [7, 11) is 2.05. The minimum absolute atomic E-state index is 0.544. The van der Waals surface area contributed by atoms with Crippen LogP contribution in [0.25, 0.3) is 11.1 Å². The van der Waals surface area contributed by atoms with Gasteiger partial charge in [-0.25, -0.2) is 0 Å². The Hall–Kier alpha value is -1.60. The SMILES string of the molecule is CNC1CCc2cc(-c3cccc(C)c3C)ccc21. The first-order chi connectivity index (χ1) is 9.20. The van der Waals surface area contributed by atoms with E-state index in [2.05, 4.69) is 62.6 Å². The lowest BCUT2D eigenvalue weighted by molar-refractivity contribution is 0.590. The third-order valence-electron chi connectivity index (χ3n) is 4.48. The van der Waals surface area contributed by atoms with Crippen molar-refractivity contribution in [3.63, 3.8) is 0 Å². The predicted octanol–water partition coefficient (Wildman–Crippen LogP) is 4.18. The fraction of sp³-hybridized carbons (Fsp3) is 0.333. The van der Waals surface area contributed by atoms with Gasteiger partial charge in [0.15, 0.2) is 0 Å². The zero-order valence-electron chi connectivity index (χ0n) is 12.0. The van der Waals surface area contributed by atoms with E-state index in [9.17, 15) is 0 Å². The lowest BCUT2D eigenvalue weighted by atomic mass is 9.94. The molecule has 1 nitrogen and oxygen atoms in total. The maximum absolute atomic E-state index is 3.40. The van der Waals surface area contributed by atoms with Gasteiger partial charge in [0, 0.05) is 6.04 Å². The molecule has 0 heterocycles. The van der Waals surface area contributed by atoms with Crippen LogP contribution in [0.4, 0.5) is 0 Å². The summed E-state index contributed by atoms with van der Waals surface area (Å²) in [5, 5.41) is 3.40. The van der Waals surface area contributed by atoms with Crippen molar-refractivity contribution in [3.8, 4) is 11.1 Å². The number of benzene rings is 2. The van der Waals surface area contributed by atoms with Crippen LogP contribution in [-0.4, -0.2) is 7.05 Å².